The Kier molecular flexibility index (Phi) is 2.24. The third-order valence-electron chi connectivity index (χ3n) is 1.54. The topological polar surface area (TPSA) is 3.24 Å². The molecule has 0 aromatic rings. The van der Waals surface area contributed by atoms with Gasteiger partial charge in [0.1, 0.15) is 0 Å². The number of thioether (sulfide) groups is 1. The van der Waals surface area contributed by atoms with Gasteiger partial charge in [-0.25, -0.2) is 0 Å². The molecule has 0 N–H and O–H groups in total. The lowest BCUT2D eigenvalue weighted by Gasteiger charge is -2.17. The monoisotopic (exact) mass is 161 g/mol. The van der Waals surface area contributed by atoms with Crippen molar-refractivity contribution in [3.63, 3.8) is 0 Å². The van der Waals surface area contributed by atoms with Crippen LogP contribution in [-0.4, -0.2) is 17.8 Å². The van der Waals surface area contributed by atoms with Crippen molar-refractivity contribution in [1.82, 2.24) is 4.90 Å². The molecule has 0 radical (unpaired) electrons. The zero-order valence-corrected chi connectivity index (χ0v) is 7.33. The Morgan fingerprint density at radius 1 is 1.60 bits per heavy atom. The van der Waals surface area contributed by atoms with Crippen molar-refractivity contribution in [3.05, 3.63) is 10.9 Å². The van der Waals surface area contributed by atoms with E-state index in [-0.39, 0.29) is 5.16 Å². The number of halogens is 1. The fraction of sp³-hybridized carbons (Fsp3) is 0.714. The van der Waals surface area contributed by atoms with Crippen LogP contribution in [0.4, 0.5) is 4.39 Å². The van der Waals surface area contributed by atoms with Crippen LogP contribution in [0.25, 0.3) is 0 Å². The number of rotatable bonds is 1. The second-order valence-corrected chi connectivity index (χ2v) is 3.69. The molecule has 0 saturated carbocycles. The zero-order valence-electron chi connectivity index (χ0n) is 6.52. The summed E-state index contributed by atoms with van der Waals surface area (Å²) >= 11 is 1.28. The molecule has 58 valence electrons. The van der Waals surface area contributed by atoms with E-state index in [1.165, 1.54) is 11.8 Å². The van der Waals surface area contributed by atoms with Crippen LogP contribution in [0.15, 0.2) is 10.9 Å². The molecule has 1 aliphatic heterocycles. The van der Waals surface area contributed by atoms with Gasteiger partial charge in [0.05, 0.1) is 11.6 Å². The van der Waals surface area contributed by atoms with Crippen molar-refractivity contribution in [2.45, 2.75) is 13.8 Å². The lowest BCUT2D eigenvalue weighted by molar-refractivity contribution is 0.426. The molecule has 1 aliphatic rings. The standard InChI is InChI=1S/C7H12FNS/c1-5(2)6-7(8)10-4-9(6)3/h5H,4H2,1-3H3. The summed E-state index contributed by atoms with van der Waals surface area (Å²) < 4.78 is 12.9. The molecule has 1 heterocycles. The molecule has 0 amide bonds. The highest BCUT2D eigenvalue weighted by Crippen LogP contribution is 2.35. The Labute approximate surface area is 65.3 Å². The number of nitrogens with zero attached hydrogens (tertiary/aromatic N) is 1. The maximum Gasteiger partial charge on any atom is 0.177 e. The molecule has 0 aromatic heterocycles. The van der Waals surface area contributed by atoms with Crippen LogP contribution in [0.3, 0.4) is 0 Å². The summed E-state index contributed by atoms with van der Waals surface area (Å²) in [4.78, 5) is 1.96. The highest BCUT2D eigenvalue weighted by Gasteiger charge is 2.22. The van der Waals surface area contributed by atoms with Gasteiger partial charge in [0.2, 0.25) is 0 Å². The zero-order chi connectivity index (χ0) is 7.72. The fourth-order valence-corrected chi connectivity index (χ4v) is 2.10. The first-order valence-corrected chi connectivity index (χ1v) is 4.35. The molecule has 0 spiro atoms. The maximum absolute atomic E-state index is 12.9. The number of hydrogen-bond acceptors (Lipinski definition) is 2. The van der Waals surface area contributed by atoms with Crippen LogP contribution in [0.5, 0.6) is 0 Å². The number of allylic oxidation sites excluding steroid dienone is 1. The highest BCUT2D eigenvalue weighted by molar-refractivity contribution is 8.03. The third-order valence-corrected chi connectivity index (χ3v) is 2.52. The Morgan fingerprint density at radius 2 is 2.20 bits per heavy atom. The summed E-state index contributed by atoms with van der Waals surface area (Å²) in [6.07, 6.45) is 0. The Morgan fingerprint density at radius 3 is 2.40 bits per heavy atom. The molecular weight excluding hydrogens is 149 g/mol. The molecule has 0 unspecified atom stereocenters. The van der Waals surface area contributed by atoms with Crippen molar-refractivity contribution in [2.24, 2.45) is 5.92 Å². The van der Waals surface area contributed by atoms with Gasteiger partial charge in [0.25, 0.3) is 0 Å². The maximum atomic E-state index is 12.9. The van der Waals surface area contributed by atoms with Crippen molar-refractivity contribution in [2.75, 3.05) is 12.9 Å². The van der Waals surface area contributed by atoms with Crippen LogP contribution in [0, 0.1) is 5.92 Å². The fourth-order valence-electron chi connectivity index (χ4n) is 1.11. The van der Waals surface area contributed by atoms with Gasteiger partial charge in [-0.05, 0) is 5.92 Å². The van der Waals surface area contributed by atoms with Gasteiger partial charge in [0.15, 0.2) is 5.16 Å². The van der Waals surface area contributed by atoms with Crippen LogP contribution >= 0.6 is 11.8 Å². The quantitative estimate of drug-likeness (QED) is 0.581. The van der Waals surface area contributed by atoms with Crippen LogP contribution in [0.2, 0.25) is 0 Å². The van der Waals surface area contributed by atoms with E-state index in [1.54, 1.807) is 0 Å². The number of hydrogen-bond donors (Lipinski definition) is 0. The Balaban J connectivity index is 2.78. The van der Waals surface area contributed by atoms with Crippen molar-refractivity contribution in [3.8, 4) is 0 Å². The Hall–Kier alpha value is -0.180. The van der Waals surface area contributed by atoms with Crippen LogP contribution in [-0.2, 0) is 0 Å². The van der Waals surface area contributed by atoms with Crippen LogP contribution < -0.4 is 0 Å². The minimum atomic E-state index is -0.00231. The second kappa shape index (κ2) is 2.82. The minimum Gasteiger partial charge on any atom is -0.365 e. The average molecular weight is 161 g/mol. The summed E-state index contributed by atoms with van der Waals surface area (Å²) in [7, 11) is 1.93. The van der Waals surface area contributed by atoms with E-state index in [0.717, 1.165) is 11.6 Å². The second-order valence-electron chi connectivity index (χ2n) is 2.79. The van der Waals surface area contributed by atoms with Gasteiger partial charge < -0.3 is 4.90 Å². The molecule has 0 aromatic carbocycles. The predicted octanol–water partition coefficient (Wildman–Crippen LogP) is 2.42. The van der Waals surface area contributed by atoms with E-state index in [4.69, 9.17) is 0 Å². The van der Waals surface area contributed by atoms with Gasteiger partial charge in [-0.3, -0.25) is 0 Å². The predicted molar refractivity (Wildman–Crippen MR) is 43.2 cm³/mol. The molecule has 0 bridgehead atoms. The highest BCUT2D eigenvalue weighted by atomic mass is 32.2. The molecule has 10 heavy (non-hydrogen) atoms. The first-order chi connectivity index (χ1) is 4.63. The minimum absolute atomic E-state index is 0.00231. The molecule has 0 fully saturated rings. The van der Waals surface area contributed by atoms with Crippen molar-refractivity contribution in [1.29, 1.82) is 0 Å². The smallest absolute Gasteiger partial charge is 0.177 e. The Bertz CT molecular complexity index is 165. The summed E-state index contributed by atoms with van der Waals surface area (Å²) in [6, 6.07) is 0. The van der Waals surface area contributed by atoms with Crippen molar-refractivity contribution < 1.29 is 4.39 Å². The van der Waals surface area contributed by atoms with E-state index < -0.39 is 0 Å². The molecule has 0 saturated heterocycles. The van der Waals surface area contributed by atoms with Gasteiger partial charge in [-0.15, -0.1) is 0 Å². The third kappa shape index (κ3) is 1.29. The van der Waals surface area contributed by atoms with Crippen LogP contribution in [0.1, 0.15) is 13.8 Å². The van der Waals surface area contributed by atoms with Gasteiger partial charge in [0, 0.05) is 7.05 Å². The van der Waals surface area contributed by atoms with Gasteiger partial charge in [-0.1, -0.05) is 25.6 Å². The normalized spacial score (nSPS) is 19.5. The summed E-state index contributed by atoms with van der Waals surface area (Å²) in [6.45, 7) is 4.02. The average Bonchev–Trinajstić information content (AvgIpc) is 2.11. The lowest BCUT2D eigenvalue weighted by Crippen LogP contribution is -2.16. The van der Waals surface area contributed by atoms with E-state index in [1.807, 2.05) is 25.8 Å². The van der Waals surface area contributed by atoms with E-state index in [0.29, 0.717) is 5.92 Å². The summed E-state index contributed by atoms with van der Waals surface area (Å²) in [5, 5.41) is -0.00231. The van der Waals surface area contributed by atoms with E-state index in [9.17, 15) is 4.39 Å². The largest absolute Gasteiger partial charge is 0.365 e. The summed E-state index contributed by atoms with van der Waals surface area (Å²) in [5.74, 6) is 1.07. The molecule has 0 atom stereocenters. The molecule has 0 aliphatic carbocycles. The first-order valence-electron chi connectivity index (χ1n) is 3.36. The first kappa shape index (κ1) is 7.92. The summed E-state index contributed by atoms with van der Waals surface area (Å²) in [5.41, 5.74) is 0.852. The van der Waals surface area contributed by atoms with Gasteiger partial charge in [-0.2, -0.15) is 4.39 Å². The molecular formula is C7H12FNS. The molecule has 1 nitrogen and oxygen atoms in total. The lowest BCUT2D eigenvalue weighted by atomic mass is 10.1. The molecule has 3 heteroatoms. The molecule has 1 rings (SSSR count). The van der Waals surface area contributed by atoms with Crippen molar-refractivity contribution >= 4 is 11.8 Å². The van der Waals surface area contributed by atoms with Gasteiger partial charge >= 0.3 is 0 Å². The van der Waals surface area contributed by atoms with E-state index >= 15 is 0 Å². The van der Waals surface area contributed by atoms with E-state index in [2.05, 4.69) is 0 Å². The SMILES string of the molecule is CC(C)C1=C(F)SCN1C.